The molecule has 27 heavy (non-hydrogen) atoms. The maximum Gasteiger partial charge on any atom is 0.260 e. The van der Waals surface area contributed by atoms with E-state index in [1.807, 2.05) is 29.9 Å². The van der Waals surface area contributed by atoms with Crippen molar-refractivity contribution in [3.05, 3.63) is 59.0 Å². The Kier molecular flexibility index (Phi) is 4.96. The highest BCUT2D eigenvalue weighted by Gasteiger charge is 2.18. The molecule has 1 unspecified atom stereocenters. The van der Waals surface area contributed by atoms with Gasteiger partial charge in [-0.15, -0.1) is 5.10 Å². The van der Waals surface area contributed by atoms with E-state index in [1.165, 1.54) is 0 Å². The van der Waals surface area contributed by atoms with E-state index in [-0.39, 0.29) is 5.91 Å². The second-order valence-electron chi connectivity index (χ2n) is 6.75. The Morgan fingerprint density at radius 3 is 2.85 bits per heavy atom. The Labute approximate surface area is 162 Å². The van der Waals surface area contributed by atoms with Gasteiger partial charge in [0, 0.05) is 29.5 Å². The van der Waals surface area contributed by atoms with E-state index >= 15 is 0 Å². The topological polar surface area (TPSA) is 76.8 Å². The van der Waals surface area contributed by atoms with Crippen molar-refractivity contribution in [2.75, 3.05) is 18.4 Å². The smallest absolute Gasteiger partial charge is 0.260 e. The molecule has 7 nitrogen and oxygen atoms in total. The summed E-state index contributed by atoms with van der Waals surface area (Å²) < 4.78 is 3.60. The van der Waals surface area contributed by atoms with Gasteiger partial charge in [0.25, 0.3) is 5.91 Å². The second kappa shape index (κ2) is 7.54. The van der Waals surface area contributed by atoms with Gasteiger partial charge in [0.15, 0.2) is 5.82 Å². The van der Waals surface area contributed by atoms with Gasteiger partial charge in [-0.2, -0.15) is 5.10 Å². The quantitative estimate of drug-likeness (QED) is 0.724. The number of nitrogens with one attached hydrogen (secondary N) is 2. The van der Waals surface area contributed by atoms with E-state index < -0.39 is 0 Å². The number of hydrogen-bond donors (Lipinski definition) is 2. The molecule has 3 heterocycles. The molecule has 1 aliphatic heterocycles. The van der Waals surface area contributed by atoms with Crippen LogP contribution in [0.1, 0.15) is 34.8 Å². The van der Waals surface area contributed by atoms with E-state index in [0.29, 0.717) is 22.4 Å². The molecule has 1 atom stereocenters. The lowest BCUT2D eigenvalue weighted by atomic mass is 10.1. The molecule has 0 spiro atoms. The van der Waals surface area contributed by atoms with Crippen molar-refractivity contribution in [3.63, 3.8) is 0 Å². The molecule has 4 rings (SSSR count). The fourth-order valence-corrected chi connectivity index (χ4v) is 3.33. The van der Waals surface area contributed by atoms with Gasteiger partial charge < -0.3 is 10.6 Å². The van der Waals surface area contributed by atoms with Gasteiger partial charge in [-0.05, 0) is 50.6 Å². The Bertz CT molecular complexity index is 940. The summed E-state index contributed by atoms with van der Waals surface area (Å²) in [4.78, 5) is 12.6. The lowest BCUT2D eigenvalue weighted by Gasteiger charge is -2.22. The van der Waals surface area contributed by atoms with Gasteiger partial charge in [0.2, 0.25) is 0 Å². The highest BCUT2D eigenvalue weighted by molar-refractivity contribution is 6.30. The number of anilines is 1. The molecule has 0 bridgehead atoms. The average molecular weight is 385 g/mol. The van der Waals surface area contributed by atoms with E-state index in [9.17, 15) is 4.79 Å². The van der Waals surface area contributed by atoms with E-state index in [2.05, 4.69) is 20.8 Å². The number of benzene rings is 1. The molecule has 1 fully saturated rings. The van der Waals surface area contributed by atoms with Crippen LogP contribution in [0.5, 0.6) is 0 Å². The first-order valence-electron chi connectivity index (χ1n) is 8.98. The molecule has 140 valence electrons. The Morgan fingerprint density at radius 1 is 1.30 bits per heavy atom. The number of carbonyl (C=O) groups excluding carboxylic acids is 1. The summed E-state index contributed by atoms with van der Waals surface area (Å²) in [6, 6.07) is 7.66. The number of aryl methyl sites for hydroxylation is 1. The largest absolute Gasteiger partial charge is 0.315 e. The molecule has 1 amide bonds. The fraction of sp³-hybridized carbons (Fsp3) is 0.316. The van der Waals surface area contributed by atoms with Crippen molar-refractivity contribution in [1.82, 2.24) is 24.9 Å². The predicted molar refractivity (Wildman–Crippen MR) is 105 cm³/mol. The van der Waals surface area contributed by atoms with Crippen LogP contribution in [0, 0.1) is 6.92 Å². The lowest BCUT2D eigenvalue weighted by molar-refractivity contribution is 0.102. The molecule has 1 aliphatic rings. The number of amides is 1. The number of hydrogen-bond acceptors (Lipinski definition) is 4. The van der Waals surface area contributed by atoms with Gasteiger partial charge in [-0.25, -0.2) is 4.68 Å². The van der Waals surface area contributed by atoms with Crippen LogP contribution in [-0.4, -0.2) is 38.6 Å². The molecule has 2 aromatic heterocycles. The summed E-state index contributed by atoms with van der Waals surface area (Å²) >= 11 is 5.93. The average Bonchev–Trinajstić information content (AvgIpc) is 3.31. The summed E-state index contributed by atoms with van der Waals surface area (Å²) in [5, 5.41) is 15.7. The van der Waals surface area contributed by atoms with Crippen LogP contribution in [0.4, 0.5) is 5.82 Å². The van der Waals surface area contributed by atoms with Crippen molar-refractivity contribution in [2.45, 2.75) is 25.8 Å². The minimum absolute atomic E-state index is 0.213. The van der Waals surface area contributed by atoms with Gasteiger partial charge in [-0.1, -0.05) is 11.6 Å². The van der Waals surface area contributed by atoms with Crippen molar-refractivity contribution < 1.29 is 4.79 Å². The third-order valence-electron chi connectivity index (χ3n) is 4.73. The second-order valence-corrected chi connectivity index (χ2v) is 7.18. The monoisotopic (exact) mass is 384 g/mol. The normalized spacial score (nSPS) is 17.0. The Morgan fingerprint density at radius 2 is 2.11 bits per heavy atom. The van der Waals surface area contributed by atoms with Gasteiger partial charge in [0.1, 0.15) is 0 Å². The van der Waals surface area contributed by atoms with Crippen LogP contribution in [0.15, 0.2) is 42.9 Å². The predicted octanol–water partition coefficient (Wildman–Crippen LogP) is 3.21. The van der Waals surface area contributed by atoms with Crippen LogP contribution in [0.25, 0.3) is 5.69 Å². The molecule has 1 aromatic carbocycles. The number of carbonyl (C=O) groups is 1. The standard InChI is InChI=1S/C19H21ClN6O/c1-13-11-26(16-6-4-15(20)5-7-16)24-18(13)23-19(27)14-9-22-25(12-14)17-3-2-8-21-10-17/h4-7,9,11-12,17,21H,2-3,8,10H2,1H3,(H,23,24,27). The molecule has 0 radical (unpaired) electrons. The first kappa shape index (κ1) is 17.8. The highest BCUT2D eigenvalue weighted by Crippen LogP contribution is 2.19. The summed E-state index contributed by atoms with van der Waals surface area (Å²) in [7, 11) is 0. The zero-order valence-corrected chi connectivity index (χ0v) is 15.8. The molecule has 8 heteroatoms. The van der Waals surface area contributed by atoms with Crippen LogP contribution < -0.4 is 10.6 Å². The minimum Gasteiger partial charge on any atom is -0.315 e. The maximum atomic E-state index is 12.6. The maximum absolute atomic E-state index is 12.6. The zero-order chi connectivity index (χ0) is 18.8. The minimum atomic E-state index is -0.213. The summed E-state index contributed by atoms with van der Waals surface area (Å²) in [6.07, 6.45) is 7.47. The molecule has 0 saturated carbocycles. The highest BCUT2D eigenvalue weighted by atomic mass is 35.5. The molecule has 1 saturated heterocycles. The van der Waals surface area contributed by atoms with E-state index in [0.717, 1.165) is 37.2 Å². The molecular formula is C19H21ClN6O. The molecular weight excluding hydrogens is 364 g/mol. The number of nitrogens with zero attached hydrogens (tertiary/aromatic N) is 4. The SMILES string of the molecule is Cc1cn(-c2ccc(Cl)cc2)nc1NC(=O)c1cnn(C2CCCNC2)c1. The van der Waals surface area contributed by atoms with Crippen LogP contribution in [-0.2, 0) is 0 Å². The van der Waals surface area contributed by atoms with Crippen LogP contribution >= 0.6 is 11.6 Å². The number of halogens is 1. The summed E-state index contributed by atoms with van der Waals surface area (Å²) in [5.74, 6) is 0.316. The first-order chi connectivity index (χ1) is 13.1. The van der Waals surface area contributed by atoms with Gasteiger partial charge in [0.05, 0.1) is 23.5 Å². The third-order valence-corrected chi connectivity index (χ3v) is 4.98. The lowest BCUT2D eigenvalue weighted by Crippen LogP contribution is -2.31. The summed E-state index contributed by atoms with van der Waals surface area (Å²) in [5.41, 5.74) is 2.28. The van der Waals surface area contributed by atoms with Crippen molar-refractivity contribution in [2.24, 2.45) is 0 Å². The molecule has 3 aromatic rings. The van der Waals surface area contributed by atoms with Crippen LogP contribution in [0.3, 0.4) is 0 Å². The Balaban J connectivity index is 1.48. The van der Waals surface area contributed by atoms with E-state index in [4.69, 9.17) is 11.6 Å². The Hall–Kier alpha value is -2.64. The molecule has 0 aliphatic carbocycles. The number of piperidine rings is 1. The zero-order valence-electron chi connectivity index (χ0n) is 15.0. The van der Waals surface area contributed by atoms with E-state index in [1.54, 1.807) is 29.2 Å². The fourth-order valence-electron chi connectivity index (χ4n) is 3.20. The van der Waals surface area contributed by atoms with Crippen LogP contribution in [0.2, 0.25) is 5.02 Å². The van der Waals surface area contributed by atoms with Crippen molar-refractivity contribution in [3.8, 4) is 5.69 Å². The van der Waals surface area contributed by atoms with Gasteiger partial charge in [-0.3, -0.25) is 9.48 Å². The van der Waals surface area contributed by atoms with Crippen molar-refractivity contribution in [1.29, 1.82) is 0 Å². The number of aromatic nitrogens is 4. The van der Waals surface area contributed by atoms with Crippen molar-refractivity contribution >= 4 is 23.3 Å². The number of rotatable bonds is 4. The first-order valence-corrected chi connectivity index (χ1v) is 9.36. The van der Waals surface area contributed by atoms with Gasteiger partial charge >= 0.3 is 0 Å². The summed E-state index contributed by atoms with van der Waals surface area (Å²) in [6.45, 7) is 3.83. The molecule has 2 N–H and O–H groups in total. The third kappa shape index (κ3) is 3.89.